The Morgan fingerprint density at radius 1 is 1.27 bits per heavy atom. The van der Waals surface area contributed by atoms with Crippen LogP contribution in [0.4, 0.5) is 0 Å². The molecule has 3 N–H and O–H groups in total. The molecule has 1 aliphatic carbocycles. The fourth-order valence-electron chi connectivity index (χ4n) is 2.74. The summed E-state index contributed by atoms with van der Waals surface area (Å²) in [5.41, 5.74) is 7.72. The van der Waals surface area contributed by atoms with Crippen LogP contribution in [0.15, 0.2) is 48.0 Å². The highest BCUT2D eigenvalue weighted by molar-refractivity contribution is 5.79. The number of nitrogens with one attached hydrogen (secondary N) is 1. The summed E-state index contributed by atoms with van der Waals surface area (Å²) in [4.78, 5) is 8.47. The number of aromatic nitrogens is 1. The van der Waals surface area contributed by atoms with Gasteiger partial charge in [0, 0.05) is 18.4 Å². The summed E-state index contributed by atoms with van der Waals surface area (Å²) in [6.07, 6.45) is 13.1. The highest BCUT2D eigenvalue weighted by atomic mass is 15.1. The molecule has 2 rings (SSSR count). The van der Waals surface area contributed by atoms with Gasteiger partial charge in [-0.1, -0.05) is 32.3 Å². The third kappa shape index (κ3) is 5.35. The zero-order valence-corrected chi connectivity index (χ0v) is 13.4. The van der Waals surface area contributed by atoms with Gasteiger partial charge in [-0.2, -0.15) is 0 Å². The Labute approximate surface area is 133 Å². The minimum Gasteiger partial charge on any atom is -0.387 e. The van der Waals surface area contributed by atoms with Gasteiger partial charge in [-0.3, -0.25) is 4.98 Å². The van der Waals surface area contributed by atoms with Gasteiger partial charge in [0.05, 0.1) is 5.84 Å². The molecule has 0 saturated heterocycles. The molecule has 1 aromatic rings. The molecule has 118 valence electrons. The fraction of sp³-hybridized carbons (Fsp3) is 0.444. The number of amidine groups is 1. The van der Waals surface area contributed by atoms with Crippen molar-refractivity contribution in [3.8, 4) is 0 Å². The zero-order valence-electron chi connectivity index (χ0n) is 13.4. The lowest BCUT2D eigenvalue weighted by molar-refractivity contribution is 0.500. The minimum atomic E-state index is 0.474. The van der Waals surface area contributed by atoms with Gasteiger partial charge in [-0.05, 0) is 49.1 Å². The molecule has 1 aliphatic rings. The Morgan fingerprint density at radius 3 is 2.50 bits per heavy atom. The van der Waals surface area contributed by atoms with Gasteiger partial charge in [-0.15, -0.1) is 0 Å². The molecular weight excluding hydrogens is 272 g/mol. The molecule has 4 nitrogen and oxygen atoms in total. The normalized spacial score (nSPS) is 17.9. The molecule has 22 heavy (non-hydrogen) atoms. The summed E-state index contributed by atoms with van der Waals surface area (Å²) in [6.45, 7) is 5.93. The third-order valence-electron chi connectivity index (χ3n) is 3.87. The number of rotatable bonds is 5. The first-order valence-corrected chi connectivity index (χ1v) is 8.03. The van der Waals surface area contributed by atoms with Crippen molar-refractivity contribution in [3.63, 3.8) is 0 Å². The molecule has 1 fully saturated rings. The van der Waals surface area contributed by atoms with E-state index in [4.69, 9.17) is 5.73 Å². The minimum absolute atomic E-state index is 0.474. The third-order valence-corrected chi connectivity index (χ3v) is 3.87. The van der Waals surface area contributed by atoms with E-state index in [9.17, 15) is 0 Å². The summed E-state index contributed by atoms with van der Waals surface area (Å²) >= 11 is 0. The summed E-state index contributed by atoms with van der Waals surface area (Å²) in [5, 5.41) is 3.55. The predicted molar refractivity (Wildman–Crippen MR) is 93.3 cm³/mol. The summed E-state index contributed by atoms with van der Waals surface area (Å²) < 4.78 is 0. The molecule has 0 spiro atoms. The molecule has 0 aliphatic heterocycles. The molecule has 0 aromatic carbocycles. The van der Waals surface area contributed by atoms with Crippen LogP contribution in [0.3, 0.4) is 0 Å². The lowest BCUT2D eigenvalue weighted by Crippen LogP contribution is -2.28. The maximum atomic E-state index is 5.77. The van der Waals surface area contributed by atoms with Crippen LogP contribution in [0.2, 0.25) is 0 Å². The van der Waals surface area contributed by atoms with Crippen LogP contribution >= 0.6 is 0 Å². The van der Waals surface area contributed by atoms with Crippen molar-refractivity contribution in [2.75, 3.05) is 0 Å². The Morgan fingerprint density at radius 2 is 1.91 bits per heavy atom. The summed E-state index contributed by atoms with van der Waals surface area (Å²) in [6, 6.07) is 4.37. The molecule has 1 heterocycles. The van der Waals surface area contributed by atoms with Crippen LogP contribution in [-0.2, 0) is 0 Å². The first kappa shape index (κ1) is 16.3. The first-order valence-electron chi connectivity index (χ1n) is 8.03. The maximum absolute atomic E-state index is 5.77. The summed E-state index contributed by atoms with van der Waals surface area (Å²) in [5.74, 6) is 1.35. The Hall–Kier alpha value is -2.10. The highest BCUT2D eigenvalue weighted by Gasteiger charge is 2.13. The fourth-order valence-corrected chi connectivity index (χ4v) is 2.74. The molecule has 0 atom stereocenters. The van der Waals surface area contributed by atoms with Crippen molar-refractivity contribution in [3.05, 3.63) is 48.6 Å². The summed E-state index contributed by atoms with van der Waals surface area (Å²) in [7, 11) is 0. The van der Waals surface area contributed by atoms with E-state index >= 15 is 0 Å². The SMILES string of the molecule is C=C(/C=C(\N=C(/C)N)NC1CCCCCC1)c1ccncc1. The van der Waals surface area contributed by atoms with Gasteiger partial charge in [-0.25, -0.2) is 4.99 Å². The van der Waals surface area contributed by atoms with E-state index in [1.54, 1.807) is 19.3 Å². The zero-order chi connectivity index (χ0) is 15.8. The molecule has 0 bridgehead atoms. The number of nitrogens with two attached hydrogens (primary N) is 1. The molecule has 1 saturated carbocycles. The standard InChI is InChI=1S/C18H26N4/c1-14(16-9-11-20-12-10-16)13-18(21-15(2)19)22-17-7-5-3-4-6-8-17/h9-13,17,22H,1,3-8H2,2H3,(H2,19,21)/b18-13+. The van der Waals surface area contributed by atoms with E-state index in [1.807, 2.05) is 18.2 Å². The second kappa shape index (κ2) is 8.37. The number of aliphatic imine (C=N–C) groups is 1. The second-order valence-corrected chi connectivity index (χ2v) is 5.88. The second-order valence-electron chi connectivity index (χ2n) is 5.88. The van der Waals surface area contributed by atoms with Crippen LogP contribution in [-0.4, -0.2) is 16.9 Å². The predicted octanol–water partition coefficient (Wildman–Crippen LogP) is 3.63. The van der Waals surface area contributed by atoms with E-state index in [-0.39, 0.29) is 0 Å². The molecule has 0 amide bonds. The average molecular weight is 298 g/mol. The van der Waals surface area contributed by atoms with E-state index in [1.165, 1.54) is 38.5 Å². The molecule has 0 radical (unpaired) electrons. The Kier molecular flexibility index (Phi) is 6.19. The molecule has 1 aromatic heterocycles. The van der Waals surface area contributed by atoms with Gasteiger partial charge in [0.2, 0.25) is 0 Å². The number of hydrogen-bond donors (Lipinski definition) is 2. The number of nitrogens with zero attached hydrogens (tertiary/aromatic N) is 2. The smallest absolute Gasteiger partial charge is 0.128 e. The van der Waals surface area contributed by atoms with Crippen LogP contribution in [0, 0.1) is 0 Å². The first-order chi connectivity index (χ1) is 10.6. The number of allylic oxidation sites excluding steroid dienone is 2. The van der Waals surface area contributed by atoms with Crippen LogP contribution in [0.5, 0.6) is 0 Å². The topological polar surface area (TPSA) is 63.3 Å². The van der Waals surface area contributed by atoms with Gasteiger partial charge < -0.3 is 11.1 Å². The van der Waals surface area contributed by atoms with E-state index in [0.717, 1.165) is 17.0 Å². The van der Waals surface area contributed by atoms with Crippen LogP contribution < -0.4 is 11.1 Å². The highest BCUT2D eigenvalue weighted by Crippen LogP contribution is 2.20. The quantitative estimate of drug-likeness (QED) is 0.378. The maximum Gasteiger partial charge on any atom is 0.128 e. The average Bonchev–Trinajstić information content (AvgIpc) is 2.76. The lowest BCUT2D eigenvalue weighted by atomic mass is 10.1. The van der Waals surface area contributed by atoms with Gasteiger partial charge >= 0.3 is 0 Å². The van der Waals surface area contributed by atoms with Crippen molar-refractivity contribution < 1.29 is 0 Å². The van der Waals surface area contributed by atoms with Crippen molar-refractivity contribution in [2.24, 2.45) is 10.7 Å². The molecular formula is C18H26N4. The van der Waals surface area contributed by atoms with Crippen molar-refractivity contribution >= 4 is 11.4 Å². The van der Waals surface area contributed by atoms with Crippen LogP contribution in [0.1, 0.15) is 51.0 Å². The van der Waals surface area contributed by atoms with Crippen molar-refractivity contribution in [1.29, 1.82) is 0 Å². The van der Waals surface area contributed by atoms with E-state index in [2.05, 4.69) is 21.9 Å². The van der Waals surface area contributed by atoms with Crippen molar-refractivity contribution in [2.45, 2.75) is 51.5 Å². The largest absolute Gasteiger partial charge is 0.387 e. The number of hydrogen-bond acceptors (Lipinski definition) is 3. The van der Waals surface area contributed by atoms with Crippen molar-refractivity contribution in [1.82, 2.24) is 10.3 Å². The monoisotopic (exact) mass is 298 g/mol. The molecule has 4 heteroatoms. The van der Waals surface area contributed by atoms with Crippen LogP contribution in [0.25, 0.3) is 5.57 Å². The lowest BCUT2D eigenvalue weighted by Gasteiger charge is -2.18. The van der Waals surface area contributed by atoms with Gasteiger partial charge in [0.25, 0.3) is 0 Å². The number of pyridine rings is 1. The van der Waals surface area contributed by atoms with E-state index in [0.29, 0.717) is 11.9 Å². The molecule has 0 unspecified atom stereocenters. The Balaban J connectivity index is 2.13. The van der Waals surface area contributed by atoms with E-state index < -0.39 is 0 Å². The van der Waals surface area contributed by atoms with Gasteiger partial charge in [0.15, 0.2) is 0 Å². The van der Waals surface area contributed by atoms with Gasteiger partial charge in [0.1, 0.15) is 5.82 Å². The Bertz CT molecular complexity index is 533.